The lowest BCUT2D eigenvalue weighted by molar-refractivity contribution is 0.0739. The first-order chi connectivity index (χ1) is 13.6. The monoisotopic (exact) mass is 409 g/mol. The average molecular weight is 410 g/mol. The van der Waals surface area contributed by atoms with Gasteiger partial charge in [0, 0.05) is 16.3 Å². The number of amides is 1. The molecule has 4 aromatic heterocycles. The van der Waals surface area contributed by atoms with Crippen molar-refractivity contribution in [2.75, 3.05) is 6.54 Å². The van der Waals surface area contributed by atoms with Crippen LogP contribution in [-0.4, -0.2) is 27.5 Å². The van der Waals surface area contributed by atoms with Crippen LogP contribution < -0.4 is 0 Å². The summed E-state index contributed by atoms with van der Waals surface area (Å²) in [5.74, 6) is 0.0316. The topological polar surface area (TPSA) is 59.2 Å². The van der Waals surface area contributed by atoms with Gasteiger partial charge in [0.25, 0.3) is 11.6 Å². The third-order valence-corrected chi connectivity index (χ3v) is 7.22. The van der Waals surface area contributed by atoms with Gasteiger partial charge in [0.2, 0.25) is 0 Å². The van der Waals surface area contributed by atoms with Crippen LogP contribution in [0.5, 0.6) is 0 Å². The van der Waals surface area contributed by atoms with Crippen molar-refractivity contribution in [3.8, 4) is 10.6 Å². The van der Waals surface area contributed by atoms with Crippen LogP contribution in [0.1, 0.15) is 44.7 Å². The maximum absolute atomic E-state index is 13.6. The summed E-state index contributed by atoms with van der Waals surface area (Å²) in [4.78, 5) is 23.7. The third kappa shape index (κ3) is 2.86. The molecular weight excluding hydrogens is 390 g/mol. The van der Waals surface area contributed by atoms with Gasteiger partial charge in [-0.15, -0.1) is 22.7 Å². The first kappa shape index (κ1) is 17.6. The van der Waals surface area contributed by atoms with Crippen LogP contribution in [0.3, 0.4) is 0 Å². The molecule has 1 aliphatic rings. The number of likely N-dealkylation sites (tertiary alicyclic amines) is 1. The fraction of sp³-hybridized carbons (Fsp3) is 0.286. The second kappa shape index (κ2) is 6.83. The third-order valence-electron chi connectivity index (χ3n) is 5.23. The molecule has 1 unspecified atom stereocenters. The quantitative estimate of drug-likeness (QED) is 0.441. The predicted molar refractivity (Wildman–Crippen MR) is 112 cm³/mol. The molecule has 0 saturated carbocycles. The highest BCUT2D eigenvalue weighted by atomic mass is 32.1. The van der Waals surface area contributed by atoms with E-state index in [0.29, 0.717) is 17.0 Å². The summed E-state index contributed by atoms with van der Waals surface area (Å²) >= 11 is 3.37. The molecule has 1 aliphatic heterocycles. The Morgan fingerprint density at radius 3 is 2.93 bits per heavy atom. The number of nitrogens with zero attached hydrogens (tertiary/aromatic N) is 3. The Balaban J connectivity index is 1.62. The Hall–Kier alpha value is -2.51. The number of carbonyl (C=O) groups is 1. The fourth-order valence-corrected chi connectivity index (χ4v) is 5.60. The zero-order valence-electron chi connectivity index (χ0n) is 15.6. The van der Waals surface area contributed by atoms with Crippen molar-refractivity contribution >= 4 is 39.7 Å². The summed E-state index contributed by atoms with van der Waals surface area (Å²) in [6, 6.07) is 10.3. The molecule has 0 aliphatic carbocycles. The van der Waals surface area contributed by atoms with E-state index >= 15 is 0 Å². The Morgan fingerprint density at radius 2 is 2.18 bits per heavy atom. The number of aryl methyl sites for hydroxylation is 2. The molecule has 0 N–H and O–H groups in total. The van der Waals surface area contributed by atoms with Crippen molar-refractivity contribution in [3.05, 3.63) is 56.7 Å². The van der Waals surface area contributed by atoms with Gasteiger partial charge in [0.15, 0.2) is 0 Å². The minimum atomic E-state index is 0.0316. The maximum atomic E-state index is 13.6. The van der Waals surface area contributed by atoms with E-state index in [9.17, 15) is 4.79 Å². The van der Waals surface area contributed by atoms with E-state index in [1.807, 2.05) is 30.0 Å². The number of thiophene rings is 2. The summed E-state index contributed by atoms with van der Waals surface area (Å²) < 4.78 is 5.45. The summed E-state index contributed by atoms with van der Waals surface area (Å²) in [6.07, 6.45) is 2.02. The number of hydrogen-bond donors (Lipinski definition) is 0. The molecule has 4 aromatic rings. The Morgan fingerprint density at radius 1 is 1.29 bits per heavy atom. The highest BCUT2D eigenvalue weighted by molar-refractivity contribution is 7.15. The first-order valence-corrected chi connectivity index (χ1v) is 11.0. The molecule has 1 saturated heterocycles. The SMILES string of the molecule is Cc1ccc(-c2cc(C(=O)N3CCCC3c3cccs3)c3c(C)noc3n2)s1. The minimum Gasteiger partial charge on any atom is -0.335 e. The van der Waals surface area contributed by atoms with Gasteiger partial charge >= 0.3 is 0 Å². The van der Waals surface area contributed by atoms with E-state index in [4.69, 9.17) is 4.52 Å². The molecule has 1 atom stereocenters. The average Bonchev–Trinajstić information content (AvgIpc) is 3.47. The van der Waals surface area contributed by atoms with E-state index in [1.165, 1.54) is 9.75 Å². The highest BCUT2D eigenvalue weighted by Gasteiger charge is 2.33. The van der Waals surface area contributed by atoms with Gasteiger partial charge in [-0.1, -0.05) is 11.2 Å². The van der Waals surface area contributed by atoms with Crippen LogP contribution >= 0.6 is 22.7 Å². The van der Waals surface area contributed by atoms with Gasteiger partial charge in [-0.3, -0.25) is 4.79 Å². The lowest BCUT2D eigenvalue weighted by Crippen LogP contribution is -2.30. The van der Waals surface area contributed by atoms with Gasteiger partial charge in [-0.2, -0.15) is 0 Å². The minimum absolute atomic E-state index is 0.0316. The second-order valence-corrected chi connectivity index (χ2v) is 9.35. The van der Waals surface area contributed by atoms with Crippen LogP contribution in [0, 0.1) is 13.8 Å². The van der Waals surface area contributed by atoms with Gasteiger partial charge in [0.05, 0.1) is 33.3 Å². The molecular formula is C21H19N3O2S2. The van der Waals surface area contributed by atoms with Crippen LogP contribution in [0.25, 0.3) is 21.7 Å². The molecule has 0 radical (unpaired) electrons. The number of hydrogen-bond acceptors (Lipinski definition) is 6. The van der Waals surface area contributed by atoms with Gasteiger partial charge in [0.1, 0.15) is 0 Å². The Kier molecular flexibility index (Phi) is 4.29. The molecule has 0 aromatic carbocycles. The van der Waals surface area contributed by atoms with Crippen LogP contribution in [-0.2, 0) is 0 Å². The molecule has 5 nitrogen and oxygen atoms in total. The zero-order chi connectivity index (χ0) is 19.3. The smallest absolute Gasteiger partial charge is 0.259 e. The van der Waals surface area contributed by atoms with Gasteiger partial charge in [-0.25, -0.2) is 4.98 Å². The number of aromatic nitrogens is 2. The lowest BCUT2D eigenvalue weighted by atomic mass is 10.1. The number of carbonyl (C=O) groups excluding carboxylic acids is 1. The summed E-state index contributed by atoms with van der Waals surface area (Å²) in [7, 11) is 0. The number of rotatable bonds is 3. The van der Waals surface area contributed by atoms with Crippen LogP contribution in [0.2, 0.25) is 0 Å². The molecule has 7 heteroatoms. The van der Waals surface area contributed by atoms with Crippen molar-refractivity contribution < 1.29 is 9.32 Å². The second-order valence-electron chi connectivity index (χ2n) is 7.09. The van der Waals surface area contributed by atoms with Gasteiger partial charge in [-0.05, 0) is 56.3 Å². The van der Waals surface area contributed by atoms with Crippen molar-refractivity contribution in [2.24, 2.45) is 0 Å². The van der Waals surface area contributed by atoms with Crippen LogP contribution in [0.4, 0.5) is 0 Å². The van der Waals surface area contributed by atoms with E-state index < -0.39 is 0 Å². The van der Waals surface area contributed by atoms with E-state index in [2.05, 4.69) is 34.6 Å². The predicted octanol–water partition coefficient (Wildman–Crippen LogP) is 5.61. The van der Waals surface area contributed by atoms with E-state index in [0.717, 1.165) is 35.3 Å². The fourth-order valence-electron chi connectivity index (χ4n) is 3.90. The standard InChI is InChI=1S/C21H19N3O2S2/c1-12-7-8-17(28-12)15-11-14(19-13(2)23-26-20(19)22-15)21(25)24-9-3-5-16(24)18-6-4-10-27-18/h4,6-8,10-11,16H,3,5,9H2,1-2H3. The van der Waals surface area contributed by atoms with E-state index in [-0.39, 0.29) is 11.9 Å². The number of fused-ring (bicyclic) bond motifs is 1. The van der Waals surface area contributed by atoms with Crippen molar-refractivity contribution in [3.63, 3.8) is 0 Å². The Bertz CT molecular complexity index is 1160. The molecule has 28 heavy (non-hydrogen) atoms. The molecule has 1 fully saturated rings. The van der Waals surface area contributed by atoms with Crippen molar-refractivity contribution in [1.82, 2.24) is 15.0 Å². The highest BCUT2D eigenvalue weighted by Crippen LogP contribution is 2.37. The van der Waals surface area contributed by atoms with Crippen LogP contribution in [0.15, 0.2) is 40.2 Å². The summed E-state index contributed by atoms with van der Waals surface area (Å²) in [6.45, 7) is 4.69. The Labute approximate surface area is 170 Å². The largest absolute Gasteiger partial charge is 0.335 e. The molecule has 5 heterocycles. The van der Waals surface area contributed by atoms with E-state index in [1.54, 1.807) is 22.7 Å². The molecule has 1 amide bonds. The lowest BCUT2D eigenvalue weighted by Gasteiger charge is -2.24. The number of pyridine rings is 1. The molecule has 142 valence electrons. The normalized spacial score (nSPS) is 16.9. The first-order valence-electron chi connectivity index (χ1n) is 9.30. The molecule has 0 spiro atoms. The summed E-state index contributed by atoms with van der Waals surface area (Å²) in [5.41, 5.74) is 2.52. The summed E-state index contributed by atoms with van der Waals surface area (Å²) in [5, 5.41) is 6.86. The van der Waals surface area contributed by atoms with Crippen molar-refractivity contribution in [2.45, 2.75) is 32.7 Å². The van der Waals surface area contributed by atoms with Crippen molar-refractivity contribution in [1.29, 1.82) is 0 Å². The van der Waals surface area contributed by atoms with Gasteiger partial charge < -0.3 is 9.42 Å². The molecule has 5 rings (SSSR count). The zero-order valence-corrected chi connectivity index (χ0v) is 17.3. The molecule has 0 bridgehead atoms. The maximum Gasteiger partial charge on any atom is 0.259 e.